The first-order chi connectivity index (χ1) is 6.24. The van der Waals surface area contributed by atoms with Gasteiger partial charge in [-0.3, -0.25) is 0 Å². The lowest BCUT2D eigenvalue weighted by molar-refractivity contribution is 0.217. The van der Waals surface area contributed by atoms with Gasteiger partial charge in [0.25, 0.3) is 0 Å². The van der Waals surface area contributed by atoms with Crippen LogP contribution in [0.2, 0.25) is 0 Å². The van der Waals surface area contributed by atoms with E-state index in [0.717, 1.165) is 17.5 Å². The first kappa shape index (κ1) is 10.6. The Morgan fingerprint density at radius 3 is 2.69 bits per heavy atom. The molecule has 0 heterocycles. The van der Waals surface area contributed by atoms with Crippen LogP contribution in [0.1, 0.15) is 18.9 Å². The van der Waals surface area contributed by atoms with Crippen molar-refractivity contribution in [1.82, 2.24) is 0 Å². The van der Waals surface area contributed by atoms with Crippen molar-refractivity contribution in [2.75, 3.05) is 5.33 Å². The number of alkyl halides is 1. The van der Waals surface area contributed by atoms with E-state index in [-0.39, 0.29) is 6.10 Å². The minimum absolute atomic E-state index is 0.278. The van der Waals surface area contributed by atoms with E-state index in [9.17, 15) is 0 Å². The zero-order valence-corrected chi connectivity index (χ0v) is 9.67. The predicted molar refractivity (Wildman–Crippen MR) is 59.7 cm³/mol. The SMILES string of the molecule is Cc1ccccc1O[C@H](C)CCBr. The molecule has 0 aromatic heterocycles. The van der Waals surface area contributed by atoms with Gasteiger partial charge in [-0.15, -0.1) is 0 Å². The van der Waals surface area contributed by atoms with Gasteiger partial charge in [-0.1, -0.05) is 34.1 Å². The molecule has 72 valence electrons. The van der Waals surface area contributed by atoms with E-state index in [1.54, 1.807) is 0 Å². The second kappa shape index (κ2) is 5.28. The summed E-state index contributed by atoms with van der Waals surface area (Å²) in [5, 5.41) is 0.986. The molecule has 0 aliphatic rings. The van der Waals surface area contributed by atoms with Crippen LogP contribution >= 0.6 is 15.9 Å². The molecule has 0 saturated carbocycles. The Morgan fingerprint density at radius 1 is 1.38 bits per heavy atom. The third-order valence-corrected chi connectivity index (χ3v) is 2.40. The maximum atomic E-state index is 5.76. The van der Waals surface area contributed by atoms with E-state index in [1.807, 2.05) is 18.2 Å². The van der Waals surface area contributed by atoms with Crippen molar-refractivity contribution < 1.29 is 4.74 Å². The Hall–Kier alpha value is -0.500. The molecule has 0 aliphatic carbocycles. The highest BCUT2D eigenvalue weighted by atomic mass is 79.9. The Morgan fingerprint density at radius 2 is 2.08 bits per heavy atom. The van der Waals surface area contributed by atoms with Gasteiger partial charge in [0.1, 0.15) is 5.75 Å². The lowest BCUT2D eigenvalue weighted by atomic mass is 10.2. The number of hydrogen-bond donors (Lipinski definition) is 0. The summed E-state index contributed by atoms with van der Waals surface area (Å²) in [5.74, 6) is 0.996. The van der Waals surface area contributed by atoms with Crippen LogP contribution in [0.4, 0.5) is 0 Å². The van der Waals surface area contributed by atoms with Gasteiger partial charge in [-0.05, 0) is 31.9 Å². The summed E-state index contributed by atoms with van der Waals surface area (Å²) in [6, 6.07) is 8.11. The summed E-state index contributed by atoms with van der Waals surface area (Å²) in [6.07, 6.45) is 1.31. The normalized spacial score (nSPS) is 12.5. The van der Waals surface area contributed by atoms with Crippen LogP contribution in [0.25, 0.3) is 0 Å². The summed E-state index contributed by atoms with van der Waals surface area (Å²) in [5.41, 5.74) is 1.20. The molecule has 1 aromatic carbocycles. The number of benzene rings is 1. The molecule has 0 radical (unpaired) electrons. The number of halogens is 1. The van der Waals surface area contributed by atoms with E-state index >= 15 is 0 Å². The maximum Gasteiger partial charge on any atom is 0.122 e. The van der Waals surface area contributed by atoms with Crippen molar-refractivity contribution in [2.24, 2.45) is 0 Å². The molecule has 1 rings (SSSR count). The number of aryl methyl sites for hydroxylation is 1. The number of ether oxygens (including phenoxy) is 1. The molecule has 13 heavy (non-hydrogen) atoms. The van der Waals surface area contributed by atoms with Crippen LogP contribution in [-0.2, 0) is 0 Å². The zero-order chi connectivity index (χ0) is 9.68. The largest absolute Gasteiger partial charge is 0.490 e. The topological polar surface area (TPSA) is 9.23 Å². The quantitative estimate of drug-likeness (QED) is 0.735. The molecule has 2 heteroatoms. The molecular formula is C11H15BrO. The van der Waals surface area contributed by atoms with Gasteiger partial charge in [0, 0.05) is 5.33 Å². The Labute approximate surface area is 88.2 Å². The van der Waals surface area contributed by atoms with Crippen molar-refractivity contribution in [2.45, 2.75) is 26.4 Å². The third-order valence-electron chi connectivity index (χ3n) is 1.94. The standard InChI is InChI=1S/C11H15BrO/c1-9-5-3-4-6-11(9)13-10(2)7-8-12/h3-6,10H,7-8H2,1-2H3/t10-/m1/s1. The van der Waals surface area contributed by atoms with Gasteiger partial charge in [-0.2, -0.15) is 0 Å². The number of para-hydroxylation sites is 1. The highest BCUT2D eigenvalue weighted by Gasteiger charge is 2.04. The van der Waals surface area contributed by atoms with Crippen LogP contribution < -0.4 is 4.74 Å². The molecule has 0 amide bonds. The second-order valence-corrected chi connectivity index (χ2v) is 3.96. The molecular weight excluding hydrogens is 228 g/mol. The first-order valence-corrected chi connectivity index (χ1v) is 5.64. The fraction of sp³-hybridized carbons (Fsp3) is 0.455. The molecule has 1 aromatic rings. The van der Waals surface area contributed by atoms with Crippen LogP contribution in [0.5, 0.6) is 5.75 Å². The van der Waals surface area contributed by atoms with E-state index in [4.69, 9.17) is 4.74 Å². The van der Waals surface area contributed by atoms with Crippen LogP contribution in [0.15, 0.2) is 24.3 Å². The summed E-state index contributed by atoms with van der Waals surface area (Å²) in [6.45, 7) is 4.16. The lowest BCUT2D eigenvalue weighted by Gasteiger charge is -2.14. The fourth-order valence-electron chi connectivity index (χ4n) is 1.12. The van der Waals surface area contributed by atoms with Gasteiger partial charge in [-0.25, -0.2) is 0 Å². The Balaban J connectivity index is 2.58. The number of hydrogen-bond acceptors (Lipinski definition) is 1. The summed E-state index contributed by atoms with van der Waals surface area (Å²) < 4.78 is 5.76. The smallest absolute Gasteiger partial charge is 0.122 e. The first-order valence-electron chi connectivity index (χ1n) is 4.52. The minimum atomic E-state index is 0.278. The molecule has 0 unspecified atom stereocenters. The monoisotopic (exact) mass is 242 g/mol. The molecule has 0 spiro atoms. The number of rotatable bonds is 4. The zero-order valence-electron chi connectivity index (χ0n) is 8.09. The van der Waals surface area contributed by atoms with Gasteiger partial charge >= 0.3 is 0 Å². The maximum absolute atomic E-state index is 5.76. The minimum Gasteiger partial charge on any atom is -0.490 e. The van der Waals surface area contributed by atoms with Crippen molar-refractivity contribution in [3.05, 3.63) is 29.8 Å². The highest BCUT2D eigenvalue weighted by molar-refractivity contribution is 9.09. The molecule has 0 aliphatic heterocycles. The summed E-state index contributed by atoms with van der Waals surface area (Å²) in [7, 11) is 0. The third kappa shape index (κ3) is 3.39. The molecule has 1 atom stereocenters. The van der Waals surface area contributed by atoms with Gasteiger partial charge in [0.15, 0.2) is 0 Å². The molecule has 0 saturated heterocycles. The van der Waals surface area contributed by atoms with Crippen LogP contribution in [0.3, 0.4) is 0 Å². The van der Waals surface area contributed by atoms with Crippen molar-refractivity contribution in [3.8, 4) is 5.75 Å². The second-order valence-electron chi connectivity index (χ2n) is 3.17. The highest BCUT2D eigenvalue weighted by Crippen LogP contribution is 2.18. The van der Waals surface area contributed by atoms with Gasteiger partial charge in [0.2, 0.25) is 0 Å². The lowest BCUT2D eigenvalue weighted by Crippen LogP contribution is -2.12. The predicted octanol–water partition coefficient (Wildman–Crippen LogP) is 3.55. The van der Waals surface area contributed by atoms with Crippen molar-refractivity contribution in [1.29, 1.82) is 0 Å². The van der Waals surface area contributed by atoms with E-state index in [2.05, 4.69) is 35.8 Å². The van der Waals surface area contributed by atoms with Crippen molar-refractivity contribution >= 4 is 15.9 Å². The Bertz CT molecular complexity index is 260. The summed E-state index contributed by atoms with van der Waals surface area (Å²) >= 11 is 3.40. The molecule has 0 N–H and O–H groups in total. The summed E-state index contributed by atoms with van der Waals surface area (Å²) in [4.78, 5) is 0. The van der Waals surface area contributed by atoms with Crippen LogP contribution in [-0.4, -0.2) is 11.4 Å². The van der Waals surface area contributed by atoms with E-state index in [1.165, 1.54) is 5.56 Å². The van der Waals surface area contributed by atoms with Gasteiger partial charge < -0.3 is 4.74 Å². The average molecular weight is 243 g/mol. The Kier molecular flexibility index (Phi) is 4.29. The molecule has 1 nitrogen and oxygen atoms in total. The van der Waals surface area contributed by atoms with E-state index < -0.39 is 0 Å². The fourth-order valence-corrected chi connectivity index (χ4v) is 1.76. The average Bonchev–Trinajstić information content (AvgIpc) is 2.09. The van der Waals surface area contributed by atoms with Crippen LogP contribution in [0, 0.1) is 6.92 Å². The van der Waals surface area contributed by atoms with Gasteiger partial charge in [0.05, 0.1) is 6.10 Å². The van der Waals surface area contributed by atoms with Crippen molar-refractivity contribution in [3.63, 3.8) is 0 Å². The molecule has 0 bridgehead atoms. The van der Waals surface area contributed by atoms with E-state index in [0.29, 0.717) is 0 Å². The molecule has 0 fully saturated rings.